The Balaban J connectivity index is 1.97. The van der Waals surface area contributed by atoms with Crippen molar-refractivity contribution >= 4 is 5.69 Å². The molecule has 96 valence electrons. The lowest BCUT2D eigenvalue weighted by molar-refractivity contribution is 0.468. The van der Waals surface area contributed by atoms with Crippen molar-refractivity contribution in [2.75, 3.05) is 5.32 Å². The maximum atomic E-state index is 12.8. The van der Waals surface area contributed by atoms with Gasteiger partial charge in [-0.25, -0.2) is 14.1 Å². The third-order valence-corrected chi connectivity index (χ3v) is 2.53. The second kappa shape index (κ2) is 5.62. The van der Waals surface area contributed by atoms with Crippen molar-refractivity contribution in [3.05, 3.63) is 42.2 Å². The van der Waals surface area contributed by atoms with Crippen molar-refractivity contribution in [3.63, 3.8) is 0 Å². The Morgan fingerprint density at radius 3 is 2.67 bits per heavy atom. The topological polar surface area (TPSA) is 42.7 Å². The Bertz CT molecular complexity index is 490. The third-order valence-electron chi connectivity index (χ3n) is 2.53. The molecule has 1 aromatic carbocycles. The van der Waals surface area contributed by atoms with Crippen LogP contribution in [0.5, 0.6) is 0 Å². The van der Waals surface area contributed by atoms with Crippen molar-refractivity contribution < 1.29 is 4.39 Å². The predicted octanol–water partition coefficient (Wildman–Crippen LogP) is 2.69. The van der Waals surface area contributed by atoms with E-state index in [0.717, 1.165) is 18.1 Å². The van der Waals surface area contributed by atoms with Gasteiger partial charge in [-0.15, -0.1) is 0 Å². The molecule has 1 N–H and O–H groups in total. The van der Waals surface area contributed by atoms with Crippen LogP contribution in [0.2, 0.25) is 0 Å². The summed E-state index contributed by atoms with van der Waals surface area (Å²) in [6, 6.07) is 6.28. The lowest BCUT2D eigenvalue weighted by Gasteiger charge is -2.10. The highest BCUT2D eigenvalue weighted by Crippen LogP contribution is 2.10. The molecule has 0 aliphatic rings. The van der Waals surface area contributed by atoms with Gasteiger partial charge < -0.3 is 5.32 Å². The molecule has 18 heavy (non-hydrogen) atoms. The zero-order valence-electron chi connectivity index (χ0n) is 10.6. The molecule has 0 bridgehead atoms. The first-order valence-corrected chi connectivity index (χ1v) is 6.01. The summed E-state index contributed by atoms with van der Waals surface area (Å²) in [6.07, 6.45) is 1.56. The number of hydrogen-bond acceptors (Lipinski definition) is 3. The lowest BCUT2D eigenvalue weighted by Crippen LogP contribution is -2.13. The fourth-order valence-corrected chi connectivity index (χ4v) is 1.67. The number of aromatic nitrogens is 3. The van der Waals surface area contributed by atoms with Gasteiger partial charge in [0.1, 0.15) is 18.0 Å². The summed E-state index contributed by atoms with van der Waals surface area (Å²) in [7, 11) is 0. The second-order valence-electron chi connectivity index (χ2n) is 4.61. The molecule has 2 rings (SSSR count). The molecule has 0 radical (unpaired) electrons. The van der Waals surface area contributed by atoms with Crippen molar-refractivity contribution in [2.24, 2.45) is 5.92 Å². The fourth-order valence-electron chi connectivity index (χ4n) is 1.67. The molecule has 1 heterocycles. The first kappa shape index (κ1) is 12.5. The minimum atomic E-state index is -0.233. The van der Waals surface area contributed by atoms with Crippen LogP contribution in [0.15, 0.2) is 30.6 Å². The van der Waals surface area contributed by atoms with Crippen molar-refractivity contribution in [3.8, 4) is 0 Å². The summed E-state index contributed by atoms with van der Waals surface area (Å²) >= 11 is 0. The van der Waals surface area contributed by atoms with E-state index < -0.39 is 0 Å². The summed E-state index contributed by atoms with van der Waals surface area (Å²) in [5.74, 6) is 1.17. The second-order valence-corrected chi connectivity index (χ2v) is 4.61. The normalized spacial score (nSPS) is 10.9. The molecule has 0 saturated carbocycles. The van der Waals surface area contributed by atoms with Gasteiger partial charge in [-0.2, -0.15) is 5.10 Å². The highest BCUT2D eigenvalue weighted by molar-refractivity contribution is 5.42. The molecule has 5 heteroatoms. The largest absolute Gasteiger partial charge is 0.378 e. The minimum absolute atomic E-state index is 0.233. The predicted molar refractivity (Wildman–Crippen MR) is 68.6 cm³/mol. The van der Waals surface area contributed by atoms with Crippen molar-refractivity contribution in [2.45, 2.75) is 26.9 Å². The number of nitrogens with one attached hydrogen (secondary N) is 1. The lowest BCUT2D eigenvalue weighted by atomic mass is 10.2. The molecule has 1 aromatic heterocycles. The third kappa shape index (κ3) is 3.29. The van der Waals surface area contributed by atoms with Crippen LogP contribution in [0.3, 0.4) is 0 Å². The Kier molecular flexibility index (Phi) is 3.92. The average Bonchev–Trinajstić information content (AvgIpc) is 2.75. The van der Waals surface area contributed by atoms with E-state index in [1.54, 1.807) is 18.5 Å². The number of halogens is 1. The van der Waals surface area contributed by atoms with Gasteiger partial charge in [-0.1, -0.05) is 13.8 Å². The molecule has 4 nitrogen and oxygen atoms in total. The van der Waals surface area contributed by atoms with Crippen molar-refractivity contribution in [1.29, 1.82) is 0 Å². The molecule has 0 spiro atoms. The average molecular weight is 248 g/mol. The molecule has 0 amide bonds. The summed E-state index contributed by atoms with van der Waals surface area (Å²) in [4.78, 5) is 4.22. The van der Waals surface area contributed by atoms with Gasteiger partial charge in [-0.3, -0.25) is 0 Å². The highest BCUT2D eigenvalue weighted by Gasteiger charge is 2.05. The quantitative estimate of drug-likeness (QED) is 0.884. The number of benzene rings is 1. The van der Waals surface area contributed by atoms with Crippen LogP contribution in [0.4, 0.5) is 10.1 Å². The van der Waals surface area contributed by atoms with Crippen LogP contribution < -0.4 is 5.32 Å². The summed E-state index contributed by atoms with van der Waals surface area (Å²) < 4.78 is 14.6. The summed E-state index contributed by atoms with van der Waals surface area (Å²) in [6.45, 7) is 5.70. The van der Waals surface area contributed by atoms with Gasteiger partial charge in [-0.05, 0) is 30.2 Å². The number of anilines is 1. The number of rotatable bonds is 5. The molecule has 0 fully saturated rings. The summed E-state index contributed by atoms with van der Waals surface area (Å²) in [5, 5.41) is 7.39. The van der Waals surface area contributed by atoms with Crippen LogP contribution in [0.1, 0.15) is 19.7 Å². The van der Waals surface area contributed by atoms with Gasteiger partial charge >= 0.3 is 0 Å². The maximum absolute atomic E-state index is 12.8. The highest BCUT2D eigenvalue weighted by atomic mass is 19.1. The van der Waals surface area contributed by atoms with Crippen LogP contribution in [-0.2, 0) is 13.1 Å². The Hall–Kier alpha value is -1.91. The van der Waals surface area contributed by atoms with Gasteiger partial charge in [0.05, 0.1) is 6.54 Å². The molecule has 0 saturated heterocycles. The van der Waals surface area contributed by atoms with Crippen LogP contribution in [0.25, 0.3) is 0 Å². The van der Waals surface area contributed by atoms with Crippen LogP contribution in [0, 0.1) is 11.7 Å². The zero-order valence-corrected chi connectivity index (χ0v) is 10.6. The zero-order chi connectivity index (χ0) is 13.0. The first-order valence-electron chi connectivity index (χ1n) is 6.01. The summed E-state index contributed by atoms with van der Waals surface area (Å²) in [5.41, 5.74) is 0.871. The van der Waals surface area contributed by atoms with E-state index in [1.807, 2.05) is 4.68 Å². The minimum Gasteiger partial charge on any atom is -0.378 e. The number of hydrogen-bond donors (Lipinski definition) is 1. The van der Waals surface area contributed by atoms with E-state index in [4.69, 9.17) is 0 Å². The SMILES string of the molecule is CC(C)Cn1ncnc1CNc1ccc(F)cc1. The molecule has 0 aliphatic heterocycles. The molecular formula is C13H17FN4. The van der Waals surface area contributed by atoms with Gasteiger partial charge in [0.15, 0.2) is 0 Å². The van der Waals surface area contributed by atoms with E-state index in [2.05, 4.69) is 29.2 Å². The van der Waals surface area contributed by atoms with Gasteiger partial charge in [0.25, 0.3) is 0 Å². The molecule has 0 atom stereocenters. The smallest absolute Gasteiger partial charge is 0.146 e. The Labute approximate surface area is 106 Å². The van der Waals surface area contributed by atoms with E-state index in [-0.39, 0.29) is 5.82 Å². The van der Waals surface area contributed by atoms with Crippen molar-refractivity contribution in [1.82, 2.24) is 14.8 Å². The van der Waals surface area contributed by atoms with Gasteiger partial charge in [0, 0.05) is 12.2 Å². The Morgan fingerprint density at radius 2 is 2.00 bits per heavy atom. The number of nitrogens with zero attached hydrogens (tertiary/aromatic N) is 3. The molecular weight excluding hydrogens is 231 g/mol. The van der Waals surface area contributed by atoms with E-state index >= 15 is 0 Å². The molecule has 2 aromatic rings. The Morgan fingerprint density at radius 1 is 1.28 bits per heavy atom. The standard InChI is InChI=1S/C13H17FN4/c1-10(2)8-18-13(16-9-17-18)7-15-12-5-3-11(14)4-6-12/h3-6,9-10,15H,7-8H2,1-2H3. The molecule has 0 aliphatic carbocycles. The van der Waals surface area contributed by atoms with Gasteiger partial charge in [0.2, 0.25) is 0 Å². The van der Waals surface area contributed by atoms with Crippen LogP contribution >= 0.6 is 0 Å². The molecule has 0 unspecified atom stereocenters. The fraction of sp³-hybridized carbons (Fsp3) is 0.385. The van der Waals surface area contributed by atoms with E-state index in [9.17, 15) is 4.39 Å². The van der Waals surface area contributed by atoms with E-state index in [0.29, 0.717) is 12.5 Å². The van der Waals surface area contributed by atoms with E-state index in [1.165, 1.54) is 12.1 Å². The monoisotopic (exact) mass is 248 g/mol. The van der Waals surface area contributed by atoms with Crippen LogP contribution in [-0.4, -0.2) is 14.8 Å². The maximum Gasteiger partial charge on any atom is 0.146 e. The first-order chi connectivity index (χ1) is 8.65.